The Morgan fingerprint density at radius 3 is 2.82 bits per heavy atom. The van der Waals surface area contributed by atoms with E-state index in [1.165, 1.54) is 6.07 Å². The van der Waals surface area contributed by atoms with E-state index < -0.39 is 4.92 Å². The molecule has 0 N–H and O–H groups in total. The minimum absolute atomic E-state index is 0.0543. The fraction of sp³-hybridized carbons (Fsp3) is 0.417. The molecule has 17 heavy (non-hydrogen) atoms. The van der Waals surface area contributed by atoms with Gasteiger partial charge in [-0.3, -0.25) is 10.1 Å². The summed E-state index contributed by atoms with van der Waals surface area (Å²) in [5, 5.41) is 19.5. The Morgan fingerprint density at radius 2 is 2.29 bits per heavy atom. The van der Waals surface area contributed by atoms with Crippen LogP contribution >= 0.6 is 0 Å². The van der Waals surface area contributed by atoms with E-state index >= 15 is 0 Å². The van der Waals surface area contributed by atoms with E-state index in [1.807, 2.05) is 13.0 Å². The molecule has 1 aromatic rings. The molecule has 0 bridgehead atoms. The third-order valence-corrected chi connectivity index (χ3v) is 2.38. The summed E-state index contributed by atoms with van der Waals surface area (Å²) in [6.07, 6.45) is 0.557. The molecule has 5 heteroatoms. The number of rotatable bonds is 5. The molecule has 0 radical (unpaired) electrons. The van der Waals surface area contributed by atoms with Crippen LogP contribution in [0.3, 0.4) is 0 Å². The van der Waals surface area contributed by atoms with Crippen molar-refractivity contribution in [2.24, 2.45) is 0 Å². The molecular formula is C12H14N2O3. The van der Waals surface area contributed by atoms with Crippen LogP contribution in [0.1, 0.15) is 25.3 Å². The lowest BCUT2D eigenvalue weighted by atomic mass is 10.2. The van der Waals surface area contributed by atoms with Crippen LogP contribution in [0.5, 0.6) is 5.75 Å². The SMILES string of the molecule is CCC(CC#N)Oc1ccc(C)cc1[N+](=O)[O-]. The topological polar surface area (TPSA) is 76.2 Å². The zero-order chi connectivity index (χ0) is 12.8. The zero-order valence-corrected chi connectivity index (χ0v) is 9.84. The van der Waals surface area contributed by atoms with E-state index in [4.69, 9.17) is 10.00 Å². The minimum atomic E-state index is -0.471. The molecule has 0 amide bonds. The summed E-state index contributed by atoms with van der Waals surface area (Å²) in [6, 6.07) is 6.80. The highest BCUT2D eigenvalue weighted by molar-refractivity contribution is 5.48. The van der Waals surface area contributed by atoms with Gasteiger partial charge in [-0.25, -0.2) is 0 Å². The van der Waals surface area contributed by atoms with Gasteiger partial charge in [-0.1, -0.05) is 13.0 Å². The maximum Gasteiger partial charge on any atom is 0.311 e. The van der Waals surface area contributed by atoms with Crippen LogP contribution in [0.2, 0.25) is 0 Å². The summed E-state index contributed by atoms with van der Waals surface area (Å²) in [5.74, 6) is 0.225. The lowest BCUT2D eigenvalue weighted by Crippen LogP contribution is -2.15. The van der Waals surface area contributed by atoms with Gasteiger partial charge in [0, 0.05) is 6.07 Å². The molecule has 0 saturated carbocycles. The first-order valence-electron chi connectivity index (χ1n) is 5.37. The van der Waals surface area contributed by atoms with E-state index in [2.05, 4.69) is 0 Å². The number of nitriles is 1. The fourth-order valence-electron chi connectivity index (χ4n) is 1.42. The molecule has 1 aromatic carbocycles. The summed E-state index contributed by atoms with van der Waals surface area (Å²) in [6.45, 7) is 3.66. The van der Waals surface area contributed by atoms with Gasteiger partial charge in [0.2, 0.25) is 0 Å². The van der Waals surface area contributed by atoms with E-state index in [-0.39, 0.29) is 24.0 Å². The van der Waals surface area contributed by atoms with Crippen molar-refractivity contribution in [3.63, 3.8) is 0 Å². The Hall–Kier alpha value is -2.09. The number of nitro benzene ring substituents is 1. The van der Waals surface area contributed by atoms with E-state index in [0.717, 1.165) is 5.56 Å². The molecule has 0 aliphatic heterocycles. The Bertz CT molecular complexity index is 452. The Balaban J connectivity index is 2.97. The number of nitrogens with zero attached hydrogens (tertiary/aromatic N) is 2. The Kier molecular flexibility index (Phi) is 4.46. The average molecular weight is 234 g/mol. The van der Waals surface area contributed by atoms with Gasteiger partial charge in [0.05, 0.1) is 17.4 Å². The largest absolute Gasteiger partial charge is 0.482 e. The quantitative estimate of drug-likeness (QED) is 0.579. The first-order valence-corrected chi connectivity index (χ1v) is 5.37. The van der Waals surface area contributed by atoms with Crippen molar-refractivity contribution in [2.75, 3.05) is 0 Å². The van der Waals surface area contributed by atoms with Gasteiger partial charge in [-0.15, -0.1) is 0 Å². The third-order valence-electron chi connectivity index (χ3n) is 2.38. The maximum absolute atomic E-state index is 10.9. The number of ether oxygens (including phenoxy) is 1. The summed E-state index contributed by atoms with van der Waals surface area (Å²) in [4.78, 5) is 10.4. The number of hydrogen-bond donors (Lipinski definition) is 0. The molecule has 0 aliphatic carbocycles. The molecule has 0 saturated heterocycles. The van der Waals surface area contributed by atoms with Crippen molar-refractivity contribution in [2.45, 2.75) is 32.8 Å². The summed E-state index contributed by atoms with van der Waals surface area (Å²) >= 11 is 0. The molecule has 0 aromatic heterocycles. The Morgan fingerprint density at radius 1 is 1.59 bits per heavy atom. The lowest BCUT2D eigenvalue weighted by molar-refractivity contribution is -0.386. The van der Waals surface area contributed by atoms with E-state index in [9.17, 15) is 10.1 Å². The number of benzene rings is 1. The lowest BCUT2D eigenvalue weighted by Gasteiger charge is -2.14. The molecule has 90 valence electrons. The second kappa shape index (κ2) is 5.85. The highest BCUT2D eigenvalue weighted by Crippen LogP contribution is 2.29. The van der Waals surface area contributed by atoms with Gasteiger partial charge in [0.1, 0.15) is 6.10 Å². The monoisotopic (exact) mass is 234 g/mol. The molecule has 5 nitrogen and oxygen atoms in total. The van der Waals surface area contributed by atoms with Crippen LogP contribution in [0.15, 0.2) is 18.2 Å². The molecule has 0 heterocycles. The first-order chi connectivity index (χ1) is 8.08. The van der Waals surface area contributed by atoms with Crippen LogP contribution in [-0.4, -0.2) is 11.0 Å². The highest BCUT2D eigenvalue weighted by Gasteiger charge is 2.18. The van der Waals surface area contributed by atoms with Crippen molar-refractivity contribution in [1.82, 2.24) is 0 Å². The molecule has 0 fully saturated rings. The van der Waals surface area contributed by atoms with Crippen molar-refractivity contribution in [1.29, 1.82) is 5.26 Å². The molecular weight excluding hydrogens is 220 g/mol. The van der Waals surface area contributed by atoms with Gasteiger partial charge < -0.3 is 4.74 Å². The molecule has 0 spiro atoms. The number of hydrogen-bond acceptors (Lipinski definition) is 4. The van der Waals surface area contributed by atoms with Crippen LogP contribution in [0, 0.1) is 28.4 Å². The van der Waals surface area contributed by atoms with Gasteiger partial charge in [0.15, 0.2) is 5.75 Å². The van der Waals surface area contributed by atoms with Crippen molar-refractivity contribution >= 4 is 5.69 Å². The normalized spacial score (nSPS) is 11.6. The van der Waals surface area contributed by atoms with Crippen LogP contribution < -0.4 is 4.74 Å². The van der Waals surface area contributed by atoms with Crippen LogP contribution in [0.25, 0.3) is 0 Å². The zero-order valence-electron chi connectivity index (χ0n) is 9.84. The van der Waals surface area contributed by atoms with Gasteiger partial charge in [-0.05, 0) is 25.0 Å². The van der Waals surface area contributed by atoms with Crippen LogP contribution in [0.4, 0.5) is 5.69 Å². The molecule has 1 rings (SSSR count). The molecule has 1 atom stereocenters. The molecule has 1 unspecified atom stereocenters. The maximum atomic E-state index is 10.9. The highest BCUT2D eigenvalue weighted by atomic mass is 16.6. The second-order valence-corrected chi connectivity index (χ2v) is 3.74. The number of nitro groups is 1. The average Bonchev–Trinajstić information content (AvgIpc) is 2.30. The summed E-state index contributed by atoms with van der Waals surface area (Å²) < 4.78 is 5.49. The van der Waals surface area contributed by atoms with E-state index in [0.29, 0.717) is 6.42 Å². The third kappa shape index (κ3) is 3.45. The van der Waals surface area contributed by atoms with E-state index in [1.54, 1.807) is 19.1 Å². The van der Waals surface area contributed by atoms with Gasteiger partial charge in [-0.2, -0.15) is 5.26 Å². The van der Waals surface area contributed by atoms with Gasteiger partial charge in [0.25, 0.3) is 0 Å². The van der Waals surface area contributed by atoms with Crippen molar-refractivity contribution < 1.29 is 9.66 Å². The number of aryl methyl sites for hydroxylation is 1. The second-order valence-electron chi connectivity index (χ2n) is 3.74. The van der Waals surface area contributed by atoms with Crippen molar-refractivity contribution in [3.8, 4) is 11.8 Å². The van der Waals surface area contributed by atoms with Crippen molar-refractivity contribution in [3.05, 3.63) is 33.9 Å². The predicted molar refractivity (Wildman–Crippen MR) is 62.8 cm³/mol. The smallest absolute Gasteiger partial charge is 0.311 e. The predicted octanol–water partition coefficient (Wildman–Crippen LogP) is 2.97. The van der Waals surface area contributed by atoms with Crippen LogP contribution in [-0.2, 0) is 0 Å². The first kappa shape index (κ1) is 13.0. The fourth-order valence-corrected chi connectivity index (χ4v) is 1.42. The minimum Gasteiger partial charge on any atom is -0.482 e. The summed E-state index contributed by atoms with van der Waals surface area (Å²) in [5.41, 5.74) is 0.749. The summed E-state index contributed by atoms with van der Waals surface area (Å²) in [7, 11) is 0. The molecule has 0 aliphatic rings. The Labute approximate surface area is 99.8 Å². The van der Waals surface area contributed by atoms with Gasteiger partial charge >= 0.3 is 5.69 Å². The standard InChI is InChI=1S/C12H14N2O3/c1-3-10(6-7-13)17-12-5-4-9(2)8-11(12)14(15)16/h4-5,8,10H,3,6H2,1-2H3.